The molecule has 0 unspecified atom stereocenters. The first-order valence-electron chi connectivity index (χ1n) is 4.63. The second-order valence-corrected chi connectivity index (χ2v) is 3.13. The maximum atomic E-state index is 12.6. The Morgan fingerprint density at radius 3 is 2.56 bits per heavy atom. The van der Waals surface area contributed by atoms with Gasteiger partial charge in [0, 0.05) is 6.54 Å². The third-order valence-corrected chi connectivity index (χ3v) is 1.94. The van der Waals surface area contributed by atoms with Gasteiger partial charge in [-0.15, -0.1) is 0 Å². The molecule has 5 heteroatoms. The number of alkyl halides is 3. The molecule has 0 bridgehead atoms. The molecule has 0 spiro atoms. The number of hydrogen-bond donors (Lipinski definition) is 1. The van der Waals surface area contributed by atoms with Crippen molar-refractivity contribution in [2.24, 2.45) is 5.73 Å². The summed E-state index contributed by atoms with van der Waals surface area (Å²) in [6, 6.07) is 3.78. The van der Waals surface area contributed by atoms with Gasteiger partial charge in [-0.1, -0.05) is 18.7 Å². The van der Waals surface area contributed by atoms with Crippen LogP contribution in [-0.4, -0.2) is 6.61 Å². The Morgan fingerprint density at radius 2 is 2.06 bits per heavy atom. The van der Waals surface area contributed by atoms with Crippen LogP contribution in [0, 0.1) is 0 Å². The summed E-state index contributed by atoms with van der Waals surface area (Å²) in [5.41, 5.74) is 4.89. The number of hydrogen-bond acceptors (Lipinski definition) is 2. The molecule has 0 aromatic heterocycles. The van der Waals surface area contributed by atoms with Gasteiger partial charge in [-0.2, -0.15) is 13.2 Å². The summed E-state index contributed by atoms with van der Waals surface area (Å²) in [7, 11) is 0. The average molecular weight is 231 g/mol. The third-order valence-electron chi connectivity index (χ3n) is 1.94. The molecule has 0 radical (unpaired) electrons. The maximum Gasteiger partial charge on any atom is 0.419 e. The van der Waals surface area contributed by atoms with Gasteiger partial charge in [0.25, 0.3) is 0 Å². The minimum atomic E-state index is -4.44. The Morgan fingerprint density at radius 1 is 1.38 bits per heavy atom. The largest absolute Gasteiger partial charge is 0.489 e. The normalized spacial score (nSPS) is 11.2. The molecule has 1 rings (SSSR count). The van der Waals surface area contributed by atoms with Crippen LogP contribution in [0.15, 0.2) is 30.9 Å². The van der Waals surface area contributed by atoms with Crippen molar-refractivity contribution in [3.05, 3.63) is 42.0 Å². The van der Waals surface area contributed by atoms with Crippen LogP contribution in [0.25, 0.3) is 0 Å². The topological polar surface area (TPSA) is 35.2 Å². The first-order chi connectivity index (χ1) is 7.49. The molecule has 2 nitrogen and oxygen atoms in total. The predicted molar refractivity (Wildman–Crippen MR) is 55.0 cm³/mol. The van der Waals surface area contributed by atoms with Gasteiger partial charge in [0.15, 0.2) is 0 Å². The zero-order valence-electron chi connectivity index (χ0n) is 8.55. The van der Waals surface area contributed by atoms with E-state index in [1.54, 1.807) is 0 Å². The summed E-state index contributed by atoms with van der Waals surface area (Å²) in [6.07, 6.45) is -3.06. The number of benzene rings is 1. The van der Waals surface area contributed by atoms with Crippen LogP contribution in [0.2, 0.25) is 0 Å². The van der Waals surface area contributed by atoms with E-state index < -0.39 is 11.7 Å². The van der Waals surface area contributed by atoms with Crippen molar-refractivity contribution in [3.8, 4) is 5.75 Å². The summed E-state index contributed by atoms with van der Waals surface area (Å²) >= 11 is 0. The van der Waals surface area contributed by atoms with Crippen LogP contribution >= 0.6 is 0 Å². The molecule has 88 valence electrons. The molecule has 1 aromatic carbocycles. The standard InChI is InChI=1S/C11H12F3NO/c1-2-5-16-10-4-3-8(7-15)6-9(10)11(12,13)14/h2-4,6H,1,5,7,15H2. The molecule has 0 aliphatic carbocycles. The van der Waals surface area contributed by atoms with E-state index in [1.807, 2.05) is 0 Å². The summed E-state index contributed by atoms with van der Waals surface area (Å²) < 4.78 is 42.9. The van der Waals surface area contributed by atoms with E-state index in [-0.39, 0.29) is 18.9 Å². The van der Waals surface area contributed by atoms with E-state index in [1.165, 1.54) is 18.2 Å². The van der Waals surface area contributed by atoms with Gasteiger partial charge in [-0.25, -0.2) is 0 Å². The summed E-state index contributed by atoms with van der Waals surface area (Å²) in [5.74, 6) is -0.204. The summed E-state index contributed by atoms with van der Waals surface area (Å²) in [5, 5.41) is 0. The highest BCUT2D eigenvalue weighted by atomic mass is 19.4. The molecule has 0 amide bonds. The maximum absolute atomic E-state index is 12.6. The Bertz CT molecular complexity index is 374. The predicted octanol–water partition coefficient (Wildman–Crippen LogP) is 2.73. The quantitative estimate of drug-likeness (QED) is 0.808. The van der Waals surface area contributed by atoms with E-state index in [0.29, 0.717) is 5.56 Å². The second kappa shape index (κ2) is 5.03. The molecule has 0 fully saturated rings. The third kappa shape index (κ3) is 3.00. The molecule has 0 aliphatic heterocycles. The molecule has 0 heterocycles. The Labute approximate surface area is 91.5 Å². The van der Waals surface area contributed by atoms with Crippen molar-refractivity contribution in [1.82, 2.24) is 0 Å². The van der Waals surface area contributed by atoms with Gasteiger partial charge < -0.3 is 10.5 Å². The molecule has 2 N–H and O–H groups in total. The van der Waals surface area contributed by atoms with Gasteiger partial charge in [-0.3, -0.25) is 0 Å². The van der Waals surface area contributed by atoms with Crippen LogP contribution < -0.4 is 10.5 Å². The second-order valence-electron chi connectivity index (χ2n) is 3.13. The van der Waals surface area contributed by atoms with E-state index in [0.717, 1.165) is 6.07 Å². The summed E-state index contributed by atoms with van der Waals surface area (Å²) in [6.45, 7) is 3.47. The molecule has 0 saturated carbocycles. The number of nitrogens with two attached hydrogens (primary N) is 1. The smallest absolute Gasteiger partial charge is 0.419 e. The van der Waals surface area contributed by atoms with Crippen LogP contribution in [0.4, 0.5) is 13.2 Å². The van der Waals surface area contributed by atoms with Gasteiger partial charge in [0.05, 0.1) is 5.56 Å². The number of rotatable bonds is 4. The van der Waals surface area contributed by atoms with Crippen molar-refractivity contribution in [2.45, 2.75) is 12.7 Å². The highest BCUT2D eigenvalue weighted by molar-refractivity contribution is 5.39. The SMILES string of the molecule is C=CCOc1ccc(CN)cc1C(F)(F)F. The lowest BCUT2D eigenvalue weighted by atomic mass is 10.1. The van der Waals surface area contributed by atoms with E-state index >= 15 is 0 Å². The minimum absolute atomic E-state index is 0.0328. The Balaban J connectivity index is 3.11. The van der Waals surface area contributed by atoms with Gasteiger partial charge in [-0.05, 0) is 17.7 Å². The van der Waals surface area contributed by atoms with Crippen molar-refractivity contribution < 1.29 is 17.9 Å². The zero-order chi connectivity index (χ0) is 12.2. The minimum Gasteiger partial charge on any atom is -0.489 e. The first kappa shape index (κ1) is 12.6. The number of halogens is 3. The van der Waals surface area contributed by atoms with Crippen LogP contribution in [0.5, 0.6) is 5.75 Å². The van der Waals surface area contributed by atoms with Crippen molar-refractivity contribution in [3.63, 3.8) is 0 Å². The van der Waals surface area contributed by atoms with Gasteiger partial charge >= 0.3 is 6.18 Å². The lowest BCUT2D eigenvalue weighted by Gasteiger charge is -2.14. The number of ether oxygens (including phenoxy) is 1. The average Bonchev–Trinajstić information content (AvgIpc) is 2.25. The molecule has 16 heavy (non-hydrogen) atoms. The fraction of sp³-hybridized carbons (Fsp3) is 0.273. The Kier molecular flexibility index (Phi) is 3.95. The van der Waals surface area contributed by atoms with Crippen molar-refractivity contribution >= 4 is 0 Å². The Hall–Kier alpha value is -1.49. The van der Waals surface area contributed by atoms with Gasteiger partial charge in [0.2, 0.25) is 0 Å². The fourth-order valence-corrected chi connectivity index (χ4v) is 1.20. The molecular weight excluding hydrogens is 219 g/mol. The molecule has 0 saturated heterocycles. The van der Waals surface area contributed by atoms with Crippen LogP contribution in [0.3, 0.4) is 0 Å². The zero-order valence-corrected chi connectivity index (χ0v) is 8.55. The first-order valence-corrected chi connectivity index (χ1v) is 4.63. The molecular formula is C11H12F3NO. The van der Waals surface area contributed by atoms with E-state index in [2.05, 4.69) is 6.58 Å². The van der Waals surface area contributed by atoms with Crippen LogP contribution in [-0.2, 0) is 12.7 Å². The van der Waals surface area contributed by atoms with Gasteiger partial charge in [0.1, 0.15) is 12.4 Å². The van der Waals surface area contributed by atoms with E-state index in [9.17, 15) is 13.2 Å². The monoisotopic (exact) mass is 231 g/mol. The van der Waals surface area contributed by atoms with Crippen molar-refractivity contribution in [2.75, 3.05) is 6.61 Å². The fourth-order valence-electron chi connectivity index (χ4n) is 1.20. The highest BCUT2D eigenvalue weighted by Crippen LogP contribution is 2.36. The summed E-state index contributed by atoms with van der Waals surface area (Å²) in [4.78, 5) is 0. The van der Waals surface area contributed by atoms with E-state index in [4.69, 9.17) is 10.5 Å². The molecule has 0 aliphatic rings. The highest BCUT2D eigenvalue weighted by Gasteiger charge is 2.34. The van der Waals surface area contributed by atoms with Crippen LogP contribution in [0.1, 0.15) is 11.1 Å². The van der Waals surface area contributed by atoms with Crippen molar-refractivity contribution in [1.29, 1.82) is 0 Å². The lowest BCUT2D eigenvalue weighted by Crippen LogP contribution is -2.10. The lowest BCUT2D eigenvalue weighted by molar-refractivity contribution is -0.138. The molecule has 0 atom stereocenters. The molecule has 1 aromatic rings.